The molecule has 0 radical (unpaired) electrons. The maximum atomic E-state index is 13.0. The minimum Gasteiger partial charge on any atom is -0.325 e. The van der Waals surface area contributed by atoms with Crippen molar-refractivity contribution in [1.29, 1.82) is 0 Å². The van der Waals surface area contributed by atoms with Crippen molar-refractivity contribution in [1.82, 2.24) is 29.4 Å². The zero-order valence-electron chi connectivity index (χ0n) is 17.2. The largest absolute Gasteiger partial charge is 0.325 e. The molecule has 0 bridgehead atoms. The second kappa shape index (κ2) is 8.16. The highest BCUT2D eigenvalue weighted by molar-refractivity contribution is 5.95. The first-order chi connectivity index (χ1) is 14.0. The maximum Gasteiger partial charge on any atom is 0.241 e. The van der Waals surface area contributed by atoms with Crippen LogP contribution in [0.2, 0.25) is 0 Å². The van der Waals surface area contributed by atoms with E-state index in [2.05, 4.69) is 25.5 Å². The van der Waals surface area contributed by atoms with Crippen molar-refractivity contribution >= 4 is 11.6 Å². The fourth-order valence-corrected chi connectivity index (χ4v) is 3.91. The monoisotopic (exact) mass is 393 g/mol. The molecule has 1 aliphatic rings. The van der Waals surface area contributed by atoms with Gasteiger partial charge in [0.25, 0.3) is 0 Å². The normalized spacial score (nSPS) is 17.4. The van der Waals surface area contributed by atoms with E-state index in [0.29, 0.717) is 6.54 Å². The number of nitrogens with zero attached hydrogens (tertiary/aromatic N) is 6. The van der Waals surface area contributed by atoms with Crippen molar-refractivity contribution in [3.8, 4) is 5.69 Å². The average Bonchev–Trinajstić information content (AvgIpc) is 3.27. The summed E-state index contributed by atoms with van der Waals surface area (Å²) < 4.78 is 3.81. The van der Waals surface area contributed by atoms with Gasteiger partial charge in [0.1, 0.15) is 12.2 Å². The Hall–Kier alpha value is -3.00. The molecule has 3 heterocycles. The van der Waals surface area contributed by atoms with Crippen LogP contribution in [0.4, 0.5) is 5.69 Å². The van der Waals surface area contributed by atoms with Crippen LogP contribution in [0.25, 0.3) is 5.69 Å². The van der Waals surface area contributed by atoms with Gasteiger partial charge < -0.3 is 9.88 Å². The third-order valence-electron chi connectivity index (χ3n) is 5.45. The van der Waals surface area contributed by atoms with E-state index in [1.54, 1.807) is 6.33 Å². The van der Waals surface area contributed by atoms with Crippen molar-refractivity contribution < 1.29 is 4.79 Å². The number of likely N-dealkylation sites (tertiary alicyclic amines) is 1. The van der Waals surface area contributed by atoms with Gasteiger partial charge in [0.15, 0.2) is 0 Å². The van der Waals surface area contributed by atoms with Crippen LogP contribution < -0.4 is 5.32 Å². The van der Waals surface area contributed by atoms with Gasteiger partial charge in [0, 0.05) is 18.4 Å². The Labute approximate surface area is 170 Å². The molecule has 2 aromatic heterocycles. The number of hydrogen-bond donors (Lipinski definition) is 1. The highest BCUT2D eigenvalue weighted by Crippen LogP contribution is 2.21. The molecule has 29 heavy (non-hydrogen) atoms. The van der Waals surface area contributed by atoms with E-state index in [-0.39, 0.29) is 11.9 Å². The molecule has 1 amide bonds. The quantitative estimate of drug-likeness (QED) is 0.721. The standard InChI is InChI=1S/C21H27N7O/c1-15-12-16(2)28(25-15)18-9-7-17(8-10-18)23-21(29)19-6-4-5-11-27(19)13-20-24-22-14-26(20)3/h7-10,12,14,19H,4-6,11,13H2,1-3H3,(H,23,29)/t19-/m1/s1. The number of aromatic nitrogens is 5. The number of hydrogen-bond acceptors (Lipinski definition) is 5. The van der Waals surface area contributed by atoms with Gasteiger partial charge in [0.2, 0.25) is 5.91 Å². The van der Waals surface area contributed by atoms with Crippen LogP contribution in [0.15, 0.2) is 36.7 Å². The lowest BCUT2D eigenvalue weighted by atomic mass is 10.0. The van der Waals surface area contributed by atoms with Crippen molar-refractivity contribution in [3.05, 3.63) is 53.9 Å². The molecule has 3 aromatic rings. The first-order valence-corrected chi connectivity index (χ1v) is 10.0. The molecule has 1 aliphatic heterocycles. The molecule has 1 fully saturated rings. The number of carbonyl (C=O) groups excluding carboxylic acids is 1. The number of nitrogens with one attached hydrogen (secondary N) is 1. The second-order valence-corrected chi connectivity index (χ2v) is 7.72. The fourth-order valence-electron chi connectivity index (χ4n) is 3.91. The second-order valence-electron chi connectivity index (χ2n) is 7.72. The minimum atomic E-state index is -0.156. The first kappa shape index (κ1) is 19.3. The van der Waals surface area contributed by atoms with E-state index in [0.717, 1.165) is 54.4 Å². The highest BCUT2D eigenvalue weighted by atomic mass is 16.2. The van der Waals surface area contributed by atoms with Gasteiger partial charge in [-0.2, -0.15) is 5.10 Å². The SMILES string of the molecule is Cc1cc(C)n(-c2ccc(NC(=O)[C@H]3CCCCN3Cc3nncn3C)cc2)n1. The summed E-state index contributed by atoms with van der Waals surface area (Å²) in [5.41, 5.74) is 3.85. The van der Waals surface area contributed by atoms with Crippen LogP contribution >= 0.6 is 0 Å². The maximum absolute atomic E-state index is 13.0. The number of benzene rings is 1. The summed E-state index contributed by atoms with van der Waals surface area (Å²) in [5, 5.41) is 15.7. The summed E-state index contributed by atoms with van der Waals surface area (Å²) in [6.45, 7) is 5.53. The fraction of sp³-hybridized carbons (Fsp3) is 0.429. The van der Waals surface area contributed by atoms with Crippen molar-refractivity contribution in [2.45, 2.75) is 45.7 Å². The van der Waals surface area contributed by atoms with E-state index in [4.69, 9.17) is 0 Å². The van der Waals surface area contributed by atoms with Crippen molar-refractivity contribution in [2.24, 2.45) is 7.05 Å². The Bertz CT molecular complexity index is 989. The predicted octanol–water partition coefficient (Wildman–Crippen LogP) is 2.61. The molecule has 8 nitrogen and oxygen atoms in total. The number of anilines is 1. The van der Waals surface area contributed by atoms with Crippen LogP contribution in [-0.4, -0.2) is 47.9 Å². The highest BCUT2D eigenvalue weighted by Gasteiger charge is 2.29. The lowest BCUT2D eigenvalue weighted by Gasteiger charge is -2.34. The number of piperidine rings is 1. The topological polar surface area (TPSA) is 80.9 Å². The third kappa shape index (κ3) is 4.22. The molecule has 4 rings (SSSR count). The Morgan fingerprint density at radius 2 is 2.00 bits per heavy atom. The Kier molecular flexibility index (Phi) is 5.44. The van der Waals surface area contributed by atoms with Gasteiger partial charge in [0.05, 0.1) is 24.0 Å². The van der Waals surface area contributed by atoms with Gasteiger partial charge >= 0.3 is 0 Å². The molecule has 1 N–H and O–H groups in total. The molecule has 1 saturated heterocycles. The molecule has 152 valence electrons. The molecule has 1 atom stereocenters. The number of rotatable bonds is 5. The zero-order chi connectivity index (χ0) is 20.4. The van der Waals surface area contributed by atoms with Crippen LogP contribution in [-0.2, 0) is 18.4 Å². The van der Waals surface area contributed by atoms with E-state index in [1.807, 2.05) is 60.5 Å². The lowest BCUT2D eigenvalue weighted by molar-refractivity contribution is -0.122. The van der Waals surface area contributed by atoms with E-state index < -0.39 is 0 Å². The van der Waals surface area contributed by atoms with Gasteiger partial charge in [-0.05, 0) is 63.6 Å². The summed E-state index contributed by atoms with van der Waals surface area (Å²) >= 11 is 0. The van der Waals surface area contributed by atoms with Crippen LogP contribution in [0, 0.1) is 13.8 Å². The van der Waals surface area contributed by atoms with E-state index >= 15 is 0 Å². The molecule has 1 aromatic carbocycles. The minimum absolute atomic E-state index is 0.0331. The Morgan fingerprint density at radius 1 is 1.21 bits per heavy atom. The summed E-state index contributed by atoms with van der Waals surface area (Å²) in [6.07, 6.45) is 4.70. The van der Waals surface area contributed by atoms with Crippen molar-refractivity contribution in [2.75, 3.05) is 11.9 Å². The average molecular weight is 393 g/mol. The summed E-state index contributed by atoms with van der Waals surface area (Å²) in [4.78, 5) is 15.2. The third-order valence-corrected chi connectivity index (χ3v) is 5.45. The number of carbonyl (C=O) groups is 1. The van der Waals surface area contributed by atoms with Gasteiger partial charge in [-0.1, -0.05) is 6.42 Å². The predicted molar refractivity (Wildman–Crippen MR) is 111 cm³/mol. The summed E-state index contributed by atoms with van der Waals surface area (Å²) in [7, 11) is 1.93. The number of aryl methyl sites for hydroxylation is 3. The number of amides is 1. The summed E-state index contributed by atoms with van der Waals surface area (Å²) in [6, 6.07) is 9.71. The molecular formula is C21H27N7O. The van der Waals surface area contributed by atoms with E-state index in [1.165, 1.54) is 0 Å². The van der Waals surface area contributed by atoms with Gasteiger partial charge in [-0.3, -0.25) is 9.69 Å². The molecule has 0 aliphatic carbocycles. The Balaban J connectivity index is 1.44. The zero-order valence-corrected chi connectivity index (χ0v) is 17.2. The van der Waals surface area contributed by atoms with Crippen LogP contribution in [0.5, 0.6) is 0 Å². The molecule has 0 unspecified atom stereocenters. The molecule has 8 heteroatoms. The molecular weight excluding hydrogens is 366 g/mol. The smallest absolute Gasteiger partial charge is 0.241 e. The Morgan fingerprint density at radius 3 is 2.66 bits per heavy atom. The van der Waals surface area contributed by atoms with E-state index in [9.17, 15) is 4.79 Å². The molecule has 0 saturated carbocycles. The van der Waals surface area contributed by atoms with Crippen LogP contribution in [0.1, 0.15) is 36.5 Å². The summed E-state index contributed by atoms with van der Waals surface area (Å²) in [5.74, 6) is 0.907. The first-order valence-electron chi connectivity index (χ1n) is 10.0. The van der Waals surface area contributed by atoms with Gasteiger partial charge in [-0.15, -0.1) is 10.2 Å². The lowest BCUT2D eigenvalue weighted by Crippen LogP contribution is -2.46. The van der Waals surface area contributed by atoms with Gasteiger partial charge in [-0.25, -0.2) is 4.68 Å². The molecule has 0 spiro atoms. The van der Waals surface area contributed by atoms with Crippen molar-refractivity contribution in [3.63, 3.8) is 0 Å². The van der Waals surface area contributed by atoms with Crippen LogP contribution in [0.3, 0.4) is 0 Å².